The molecule has 5 nitrogen and oxygen atoms in total. The molecule has 3 aromatic rings. The largest absolute Gasteiger partial charge is 0.497 e. The number of carbonyl (C=O) groups excluding carboxylic acids is 1. The third-order valence-electron chi connectivity index (χ3n) is 3.66. The maximum absolute atomic E-state index is 11.9. The normalized spacial score (nSPS) is 10.8. The van der Waals surface area contributed by atoms with E-state index in [-0.39, 0.29) is 12.3 Å². The van der Waals surface area contributed by atoms with Crippen LogP contribution in [0.3, 0.4) is 0 Å². The highest BCUT2D eigenvalue weighted by Crippen LogP contribution is 2.23. The lowest BCUT2D eigenvalue weighted by molar-refractivity contribution is -0.120. The zero-order valence-electron chi connectivity index (χ0n) is 14.1. The number of methoxy groups -OCH3 is 1. The van der Waals surface area contributed by atoms with Crippen LogP contribution in [0.15, 0.2) is 70.2 Å². The van der Waals surface area contributed by atoms with E-state index in [1.54, 1.807) is 25.3 Å². The van der Waals surface area contributed by atoms with Crippen LogP contribution in [-0.2, 0) is 11.2 Å². The van der Waals surface area contributed by atoms with Crippen molar-refractivity contribution < 1.29 is 13.9 Å². The van der Waals surface area contributed by atoms with Crippen molar-refractivity contribution in [2.45, 2.75) is 6.42 Å². The summed E-state index contributed by atoms with van der Waals surface area (Å²) in [4.78, 5) is 11.9. The van der Waals surface area contributed by atoms with Crippen molar-refractivity contribution in [3.63, 3.8) is 0 Å². The molecule has 0 radical (unpaired) electrons. The van der Waals surface area contributed by atoms with E-state index in [2.05, 4.69) is 10.5 Å². The molecule has 1 N–H and O–H groups in total. The molecule has 2 aromatic carbocycles. The van der Waals surface area contributed by atoms with Crippen molar-refractivity contribution in [3.8, 4) is 17.1 Å². The van der Waals surface area contributed by atoms with E-state index in [9.17, 15) is 4.79 Å². The van der Waals surface area contributed by atoms with Crippen molar-refractivity contribution in [2.24, 2.45) is 5.10 Å². The van der Waals surface area contributed by atoms with Gasteiger partial charge in [0.1, 0.15) is 17.3 Å². The molecule has 0 aliphatic heterocycles. The van der Waals surface area contributed by atoms with E-state index in [1.807, 2.05) is 42.5 Å². The Labute approximate surface area is 156 Å². The van der Waals surface area contributed by atoms with Crippen molar-refractivity contribution >= 4 is 23.7 Å². The van der Waals surface area contributed by atoms with Gasteiger partial charge in [-0.2, -0.15) is 5.10 Å². The summed E-state index contributed by atoms with van der Waals surface area (Å²) in [5, 5.41) is 4.60. The minimum Gasteiger partial charge on any atom is -0.497 e. The maximum Gasteiger partial charge on any atom is 0.244 e. The Hall–Kier alpha value is -3.05. The van der Waals surface area contributed by atoms with Crippen LogP contribution < -0.4 is 10.2 Å². The third kappa shape index (κ3) is 4.74. The highest BCUT2D eigenvalue weighted by atomic mass is 35.5. The second kappa shape index (κ2) is 8.36. The number of halogens is 1. The number of furan rings is 1. The van der Waals surface area contributed by atoms with E-state index in [4.69, 9.17) is 20.8 Å². The summed E-state index contributed by atoms with van der Waals surface area (Å²) in [6, 6.07) is 18.3. The topological polar surface area (TPSA) is 63.8 Å². The van der Waals surface area contributed by atoms with Crippen LogP contribution in [0.2, 0.25) is 5.02 Å². The van der Waals surface area contributed by atoms with Gasteiger partial charge < -0.3 is 9.15 Å². The predicted octanol–water partition coefficient (Wildman–Crippen LogP) is 4.30. The van der Waals surface area contributed by atoms with Gasteiger partial charge in [0, 0.05) is 10.6 Å². The molecule has 1 aromatic heterocycles. The molecule has 0 saturated heterocycles. The molecule has 0 atom stereocenters. The summed E-state index contributed by atoms with van der Waals surface area (Å²) in [6.45, 7) is 0. The fourth-order valence-corrected chi connectivity index (χ4v) is 2.45. The molecule has 26 heavy (non-hydrogen) atoms. The van der Waals surface area contributed by atoms with E-state index >= 15 is 0 Å². The van der Waals surface area contributed by atoms with Gasteiger partial charge in [0.05, 0.1) is 19.7 Å². The fraction of sp³-hybridized carbons (Fsp3) is 0.100. The van der Waals surface area contributed by atoms with Crippen LogP contribution in [0, 0.1) is 0 Å². The smallest absolute Gasteiger partial charge is 0.244 e. The average molecular weight is 369 g/mol. The van der Waals surface area contributed by atoms with Crippen LogP contribution >= 0.6 is 11.6 Å². The Morgan fingerprint density at radius 3 is 2.54 bits per heavy atom. The average Bonchev–Trinajstić information content (AvgIpc) is 3.12. The minimum atomic E-state index is -0.212. The van der Waals surface area contributed by atoms with E-state index in [0.29, 0.717) is 16.5 Å². The van der Waals surface area contributed by atoms with Crippen molar-refractivity contribution in [3.05, 3.63) is 77.0 Å². The molecule has 0 bridgehead atoms. The monoisotopic (exact) mass is 368 g/mol. The van der Waals surface area contributed by atoms with Gasteiger partial charge in [0.2, 0.25) is 5.91 Å². The summed E-state index contributed by atoms with van der Waals surface area (Å²) in [5.41, 5.74) is 4.28. The van der Waals surface area contributed by atoms with Gasteiger partial charge in [-0.15, -0.1) is 0 Å². The van der Waals surface area contributed by atoms with Crippen LogP contribution in [0.1, 0.15) is 11.3 Å². The van der Waals surface area contributed by atoms with E-state index in [1.165, 1.54) is 6.21 Å². The molecule has 0 spiro atoms. The SMILES string of the molecule is COc1ccc(CC(=O)N/N=C\c2ccc(-c3ccc(Cl)cc3)o2)cc1. The molecule has 0 saturated carbocycles. The first kappa shape index (κ1) is 17.8. The molecule has 0 aliphatic rings. The number of carbonyl (C=O) groups is 1. The van der Waals surface area contributed by atoms with Crippen LogP contribution in [-0.4, -0.2) is 19.2 Å². The summed E-state index contributed by atoms with van der Waals surface area (Å²) < 4.78 is 10.8. The van der Waals surface area contributed by atoms with Gasteiger partial charge in [0.15, 0.2) is 0 Å². The molecule has 1 heterocycles. The molecule has 0 unspecified atom stereocenters. The lowest BCUT2D eigenvalue weighted by Crippen LogP contribution is -2.19. The Morgan fingerprint density at radius 1 is 1.12 bits per heavy atom. The zero-order valence-corrected chi connectivity index (χ0v) is 14.9. The van der Waals surface area contributed by atoms with Crippen molar-refractivity contribution in [1.29, 1.82) is 0 Å². The van der Waals surface area contributed by atoms with Gasteiger partial charge in [-0.25, -0.2) is 5.43 Å². The molecular formula is C20H17ClN2O3. The Morgan fingerprint density at radius 2 is 1.85 bits per heavy atom. The summed E-state index contributed by atoms with van der Waals surface area (Å²) in [6.07, 6.45) is 1.70. The number of hydrogen-bond acceptors (Lipinski definition) is 4. The first-order valence-corrected chi connectivity index (χ1v) is 8.32. The quantitative estimate of drug-likeness (QED) is 0.521. The highest BCUT2D eigenvalue weighted by Gasteiger charge is 2.05. The first-order chi connectivity index (χ1) is 12.6. The molecular weight excluding hydrogens is 352 g/mol. The molecule has 0 fully saturated rings. The first-order valence-electron chi connectivity index (χ1n) is 7.94. The third-order valence-corrected chi connectivity index (χ3v) is 3.91. The second-order valence-electron chi connectivity index (χ2n) is 5.53. The zero-order chi connectivity index (χ0) is 18.4. The number of nitrogens with one attached hydrogen (secondary N) is 1. The predicted molar refractivity (Wildman–Crippen MR) is 102 cm³/mol. The van der Waals surface area contributed by atoms with Gasteiger partial charge in [-0.1, -0.05) is 23.7 Å². The Kier molecular flexibility index (Phi) is 5.71. The fourth-order valence-electron chi connectivity index (χ4n) is 2.33. The van der Waals surface area contributed by atoms with Crippen molar-refractivity contribution in [2.75, 3.05) is 7.11 Å². The number of benzene rings is 2. The van der Waals surface area contributed by atoms with Crippen LogP contribution in [0.5, 0.6) is 5.75 Å². The summed E-state index contributed by atoms with van der Waals surface area (Å²) >= 11 is 5.88. The molecule has 6 heteroatoms. The summed E-state index contributed by atoms with van der Waals surface area (Å²) in [7, 11) is 1.60. The number of ether oxygens (including phenoxy) is 1. The lowest BCUT2D eigenvalue weighted by atomic mass is 10.1. The molecule has 1 amide bonds. The summed E-state index contributed by atoms with van der Waals surface area (Å²) in [5.74, 6) is 1.78. The maximum atomic E-state index is 11.9. The van der Waals surface area contributed by atoms with E-state index in [0.717, 1.165) is 16.9 Å². The lowest BCUT2D eigenvalue weighted by Gasteiger charge is -2.02. The van der Waals surface area contributed by atoms with Crippen molar-refractivity contribution in [1.82, 2.24) is 5.43 Å². The second-order valence-corrected chi connectivity index (χ2v) is 5.96. The standard InChI is InChI=1S/C20H17ClN2O3/c1-25-17-8-2-14(3-9-17)12-20(24)23-22-13-18-10-11-19(26-18)15-4-6-16(21)7-5-15/h2-11,13H,12H2,1H3,(H,23,24)/b22-13-. The van der Waals surface area contributed by atoms with Crippen LogP contribution in [0.25, 0.3) is 11.3 Å². The number of nitrogens with zero attached hydrogens (tertiary/aromatic N) is 1. The Bertz CT molecular complexity index is 900. The van der Waals surface area contributed by atoms with E-state index < -0.39 is 0 Å². The highest BCUT2D eigenvalue weighted by molar-refractivity contribution is 6.30. The molecule has 0 aliphatic carbocycles. The van der Waals surface area contributed by atoms with Gasteiger partial charge in [0.25, 0.3) is 0 Å². The number of rotatable bonds is 6. The molecule has 3 rings (SSSR count). The number of hydrazone groups is 1. The molecule has 132 valence electrons. The minimum absolute atomic E-state index is 0.212. The van der Waals surface area contributed by atoms with Gasteiger partial charge in [-0.3, -0.25) is 4.79 Å². The van der Waals surface area contributed by atoms with Gasteiger partial charge in [-0.05, 0) is 54.1 Å². The number of amides is 1. The number of hydrogen-bond donors (Lipinski definition) is 1. The van der Waals surface area contributed by atoms with Crippen LogP contribution in [0.4, 0.5) is 0 Å². The Balaban J connectivity index is 1.54. The van der Waals surface area contributed by atoms with Gasteiger partial charge >= 0.3 is 0 Å².